The molecule has 242 valence electrons. The highest BCUT2D eigenvalue weighted by Crippen LogP contribution is 3.02. The Morgan fingerprint density at radius 3 is 2.37 bits per heavy atom. The molecule has 43 heavy (non-hydrogen) atoms. The van der Waals surface area contributed by atoms with Crippen molar-refractivity contribution in [2.45, 2.75) is 42.4 Å². The van der Waals surface area contributed by atoms with Crippen LogP contribution in [0.3, 0.4) is 0 Å². The largest absolute Gasteiger partial charge is 0.387 e. The Bertz CT molecular complexity index is 1660. The minimum atomic E-state index is -10.1. The van der Waals surface area contributed by atoms with Gasteiger partial charge in [-0.05, 0) is 25.1 Å². The molecule has 13 nitrogen and oxygen atoms in total. The zero-order valence-corrected chi connectivity index (χ0v) is 24.7. The molecule has 6 N–H and O–H groups in total. The van der Waals surface area contributed by atoms with Gasteiger partial charge < -0.3 is 39.5 Å². The van der Waals surface area contributed by atoms with Crippen molar-refractivity contribution in [1.29, 1.82) is 0 Å². The van der Waals surface area contributed by atoms with Gasteiger partial charge in [-0.1, -0.05) is 37.1 Å². The van der Waals surface area contributed by atoms with Crippen LogP contribution in [-0.2, 0) is 18.4 Å². The molecule has 1 aromatic carbocycles. The molecule has 3 aromatic rings. The second-order valence-corrected chi connectivity index (χ2v) is 16.4. The van der Waals surface area contributed by atoms with Crippen LogP contribution < -0.4 is 5.32 Å². The summed E-state index contributed by atoms with van der Waals surface area (Å²) < 4.78 is 114. The predicted octanol–water partition coefficient (Wildman–Crippen LogP) is 5.01. The number of hydrogen-bond acceptors (Lipinski definition) is 9. The van der Waals surface area contributed by atoms with E-state index >= 15 is 0 Å². The molecule has 6 atom stereocenters. The van der Waals surface area contributed by atoms with E-state index in [2.05, 4.69) is 19.9 Å². The van der Waals surface area contributed by atoms with E-state index in [0.29, 0.717) is 6.07 Å². The molecule has 0 saturated carbocycles. The topological polar surface area (TPSA) is 196 Å². The van der Waals surface area contributed by atoms with Gasteiger partial charge in [0.2, 0.25) is 0 Å². The molecule has 23 heteroatoms. The van der Waals surface area contributed by atoms with E-state index in [4.69, 9.17) is 26.1 Å². The van der Waals surface area contributed by atoms with Crippen molar-refractivity contribution >= 4 is 53.7 Å². The molecule has 0 bridgehead atoms. The molecule has 0 radical (unpaired) electrons. The molecule has 0 aliphatic carbocycles. The Hall–Kier alpha value is -1.96. The summed E-state index contributed by atoms with van der Waals surface area (Å²) in [6, 6.07) is 0.453. The number of ether oxygens (including phenoxy) is 1. The van der Waals surface area contributed by atoms with Crippen molar-refractivity contribution in [2.24, 2.45) is 0 Å². The molecule has 1 saturated heterocycles. The standard InChI is InChI=1S/C20H23ClF6N4O9P2S/c1-9(11-3-2-10(4-13(11)22)43(23,24,25,26)27)29-14-5-16(21)30-19-12(14)6-28-31(19)20-18(33)17(32)15(40-20)7-39-42(37,38)8-41(34,35)36/h2-6,9,15,17-18,20,32-33H,7-8H2,1H3,(H,29,30)(H,37,38)(H2,34,35,36)/t9-,15?,17?,18?,20?/m0/s1. The second kappa shape index (κ2) is 10.6. The van der Waals surface area contributed by atoms with E-state index in [9.17, 15) is 48.1 Å². The maximum Gasteiger partial charge on any atom is 0.340 e. The van der Waals surface area contributed by atoms with Crippen molar-refractivity contribution in [3.63, 3.8) is 0 Å². The predicted molar refractivity (Wildman–Crippen MR) is 141 cm³/mol. The van der Waals surface area contributed by atoms with Crippen LogP contribution in [-0.4, -0.2) is 70.5 Å². The van der Waals surface area contributed by atoms with Gasteiger partial charge in [-0.25, -0.2) is 14.1 Å². The number of pyridine rings is 1. The third kappa shape index (κ3) is 7.83. The summed E-state index contributed by atoms with van der Waals surface area (Å²) in [6.07, 6.45) is -5.29. The maximum atomic E-state index is 14.5. The van der Waals surface area contributed by atoms with Gasteiger partial charge in [0.1, 0.15) is 34.2 Å². The van der Waals surface area contributed by atoms with Gasteiger partial charge in [0, 0.05) is 5.56 Å². The summed E-state index contributed by atoms with van der Waals surface area (Å²) >= 11 is 6.10. The highest BCUT2D eigenvalue weighted by molar-refractivity contribution is 8.45. The highest BCUT2D eigenvalue weighted by Gasteiger charge is 2.65. The van der Waals surface area contributed by atoms with Crippen molar-refractivity contribution in [3.8, 4) is 0 Å². The number of fused-ring (bicyclic) bond motifs is 1. The molecule has 0 amide bonds. The molecule has 2 aromatic heterocycles. The van der Waals surface area contributed by atoms with E-state index in [1.807, 2.05) is 0 Å². The van der Waals surface area contributed by atoms with Gasteiger partial charge in [0.05, 0.1) is 29.9 Å². The van der Waals surface area contributed by atoms with Gasteiger partial charge in [-0.3, -0.25) is 9.13 Å². The lowest BCUT2D eigenvalue weighted by Crippen LogP contribution is -2.33. The summed E-state index contributed by atoms with van der Waals surface area (Å²) in [6.45, 7) is 0.450. The zero-order chi connectivity index (χ0) is 32.4. The summed E-state index contributed by atoms with van der Waals surface area (Å²) in [5.74, 6) is -3.06. The number of benzene rings is 1. The summed E-state index contributed by atoms with van der Waals surface area (Å²) in [7, 11) is -19.9. The fraction of sp³-hybridized carbons (Fsp3) is 0.400. The maximum absolute atomic E-state index is 14.5. The molecular formula is C20H23ClF6N4O9P2S. The third-order valence-corrected chi connectivity index (χ3v) is 11.0. The van der Waals surface area contributed by atoms with Gasteiger partial charge in [-0.15, -0.1) is 0 Å². The molecule has 3 heterocycles. The van der Waals surface area contributed by atoms with E-state index in [1.165, 1.54) is 19.2 Å². The Labute approximate surface area is 242 Å². The minimum absolute atomic E-state index is 0.0669. The second-order valence-electron chi connectivity index (χ2n) is 9.62. The van der Waals surface area contributed by atoms with Gasteiger partial charge in [0.15, 0.2) is 17.8 Å². The average molecular weight is 707 g/mol. The van der Waals surface area contributed by atoms with Crippen molar-refractivity contribution in [3.05, 3.63) is 47.0 Å². The first-order chi connectivity index (χ1) is 19.3. The molecule has 1 aliphatic heterocycles. The quantitative estimate of drug-likeness (QED) is 0.0938. The fourth-order valence-electron chi connectivity index (χ4n) is 4.24. The minimum Gasteiger partial charge on any atom is -0.387 e. The molecule has 1 fully saturated rings. The first-order valence-electron chi connectivity index (χ1n) is 11.7. The van der Waals surface area contributed by atoms with Crippen LogP contribution in [0.25, 0.3) is 11.0 Å². The number of nitrogens with zero attached hydrogens (tertiary/aromatic N) is 3. The van der Waals surface area contributed by atoms with Gasteiger partial charge in [-0.2, -0.15) is 5.10 Å². The van der Waals surface area contributed by atoms with Crippen molar-refractivity contribution < 1.29 is 67.1 Å². The van der Waals surface area contributed by atoms with Gasteiger partial charge in [0.25, 0.3) is 0 Å². The number of aromatic nitrogens is 3. The highest BCUT2D eigenvalue weighted by atomic mass is 35.5. The fourth-order valence-corrected chi connectivity index (χ4v) is 7.65. The van der Waals surface area contributed by atoms with E-state index < -0.39 is 84.8 Å². The van der Waals surface area contributed by atoms with Crippen LogP contribution in [0.15, 0.2) is 35.4 Å². The normalized spacial score (nSPS) is 25.2. The van der Waals surface area contributed by atoms with Crippen LogP contribution in [0.4, 0.5) is 29.5 Å². The smallest absolute Gasteiger partial charge is 0.340 e. The molecule has 4 rings (SSSR count). The lowest BCUT2D eigenvalue weighted by Gasteiger charge is -2.40. The van der Waals surface area contributed by atoms with E-state index in [0.717, 1.165) is 4.68 Å². The number of hydrogen-bond donors (Lipinski definition) is 6. The average Bonchev–Trinajstić information content (AvgIpc) is 3.35. The van der Waals surface area contributed by atoms with Crippen molar-refractivity contribution in [2.75, 3.05) is 17.8 Å². The summed E-state index contributed by atoms with van der Waals surface area (Å²) in [5.41, 5.74) is -0.401. The Balaban J connectivity index is 1.57. The molecule has 1 aliphatic rings. The lowest BCUT2D eigenvalue weighted by atomic mass is 10.1. The SMILES string of the molecule is C[C@H](Nc1cc(Cl)nc2c1cnn2C1OC(COP(=O)(O)CP(=O)(O)O)C(O)C1O)c1ccc(S(F)(F)(F)(F)F)cc1F. The molecule has 0 spiro atoms. The Morgan fingerprint density at radius 1 is 1.14 bits per heavy atom. The Kier molecular flexibility index (Phi) is 8.33. The first kappa shape index (κ1) is 33.9. The van der Waals surface area contributed by atoms with Crippen LogP contribution in [0, 0.1) is 5.82 Å². The monoisotopic (exact) mass is 706 g/mol. The number of anilines is 1. The molecule has 5 unspecified atom stereocenters. The summed E-state index contributed by atoms with van der Waals surface area (Å²) in [5, 5.41) is 27.7. The van der Waals surface area contributed by atoms with Crippen LogP contribution >= 0.6 is 37.0 Å². The first-order valence-corrected chi connectivity index (χ1v) is 17.6. The number of nitrogens with one attached hydrogen (secondary N) is 1. The number of aliphatic hydroxyl groups is 2. The molecular weight excluding hydrogens is 684 g/mol. The lowest BCUT2D eigenvalue weighted by molar-refractivity contribution is -0.0541. The summed E-state index contributed by atoms with van der Waals surface area (Å²) in [4.78, 5) is 29.1. The number of halogens is 7. The van der Waals surface area contributed by atoms with Crippen LogP contribution in [0.2, 0.25) is 5.15 Å². The Morgan fingerprint density at radius 2 is 1.79 bits per heavy atom. The zero-order valence-electron chi connectivity index (χ0n) is 21.3. The van der Waals surface area contributed by atoms with Crippen LogP contribution in [0.1, 0.15) is 24.8 Å². The third-order valence-electron chi connectivity index (χ3n) is 6.17. The van der Waals surface area contributed by atoms with Crippen LogP contribution in [0.5, 0.6) is 0 Å². The number of aliphatic hydroxyl groups excluding tert-OH is 2. The van der Waals surface area contributed by atoms with E-state index in [1.54, 1.807) is 0 Å². The number of rotatable bonds is 10. The van der Waals surface area contributed by atoms with Gasteiger partial charge >= 0.3 is 25.4 Å². The van der Waals surface area contributed by atoms with Crippen molar-refractivity contribution in [1.82, 2.24) is 14.8 Å². The van der Waals surface area contributed by atoms with E-state index in [-0.39, 0.29) is 34.0 Å².